The van der Waals surface area contributed by atoms with E-state index in [0.717, 1.165) is 29.8 Å². The summed E-state index contributed by atoms with van der Waals surface area (Å²) in [5.74, 6) is 1.15. The Morgan fingerprint density at radius 2 is 1.68 bits per heavy atom. The highest BCUT2D eigenvalue weighted by Gasteiger charge is 2.31. The Hall–Kier alpha value is -3.74. The Bertz CT molecular complexity index is 1710. The minimum absolute atomic E-state index is 0.147. The van der Waals surface area contributed by atoms with Crippen LogP contribution in [0.25, 0.3) is 10.3 Å². The fourth-order valence-electron chi connectivity index (χ4n) is 6.22. The summed E-state index contributed by atoms with van der Waals surface area (Å²) >= 11 is 1.30. The molecule has 3 heterocycles. The smallest absolute Gasteiger partial charge is 0.243 e. The number of aromatic nitrogens is 2. The predicted octanol–water partition coefficient (Wildman–Crippen LogP) is 5.52. The average Bonchev–Trinajstić information content (AvgIpc) is 3.72. The van der Waals surface area contributed by atoms with Crippen LogP contribution in [0.3, 0.4) is 0 Å². The molecule has 0 spiro atoms. The van der Waals surface area contributed by atoms with Gasteiger partial charge in [-0.1, -0.05) is 61.3 Å². The van der Waals surface area contributed by atoms with Gasteiger partial charge in [-0.05, 0) is 48.2 Å². The van der Waals surface area contributed by atoms with Crippen LogP contribution >= 0.6 is 11.3 Å². The highest BCUT2D eigenvalue weighted by atomic mass is 32.2. The zero-order chi connectivity index (χ0) is 30.7. The highest BCUT2D eigenvalue weighted by molar-refractivity contribution is 7.89. The first kappa shape index (κ1) is 30.3. The molecule has 6 rings (SSSR count). The third-order valence-corrected chi connectivity index (χ3v) is 11.4. The molecule has 2 fully saturated rings. The fraction of sp³-hybridized carbons (Fsp3) is 0.406. The quantitative estimate of drug-likeness (QED) is 0.242. The van der Waals surface area contributed by atoms with Gasteiger partial charge in [-0.3, -0.25) is 4.79 Å². The van der Waals surface area contributed by atoms with Gasteiger partial charge >= 0.3 is 0 Å². The summed E-state index contributed by atoms with van der Waals surface area (Å²) < 4.78 is 39.4. The summed E-state index contributed by atoms with van der Waals surface area (Å²) in [7, 11) is -0.487. The van der Waals surface area contributed by atoms with Gasteiger partial charge in [-0.15, -0.1) is 0 Å². The minimum Gasteiger partial charge on any atom is -0.495 e. The van der Waals surface area contributed by atoms with Crippen LogP contribution in [0.2, 0.25) is 0 Å². The van der Waals surface area contributed by atoms with Crippen LogP contribution in [0.1, 0.15) is 43.6 Å². The molecule has 2 aliphatic rings. The van der Waals surface area contributed by atoms with Crippen molar-refractivity contribution in [2.75, 3.05) is 50.6 Å². The number of methoxy groups -OCH3 is 2. The van der Waals surface area contributed by atoms with Crippen molar-refractivity contribution in [3.8, 4) is 11.6 Å². The predicted molar refractivity (Wildman–Crippen MR) is 172 cm³/mol. The van der Waals surface area contributed by atoms with Crippen LogP contribution < -0.4 is 19.7 Å². The number of hydrogen-bond acceptors (Lipinski definition) is 9. The number of hydrogen-bond donors (Lipinski definition) is 1. The second-order valence-corrected chi connectivity index (χ2v) is 14.2. The van der Waals surface area contributed by atoms with E-state index in [4.69, 9.17) is 9.47 Å². The molecular formula is C32H37N5O5S2. The van der Waals surface area contributed by atoms with E-state index in [1.54, 1.807) is 44.6 Å². The number of nitrogens with one attached hydrogen (secondary N) is 1. The molecule has 2 aromatic carbocycles. The van der Waals surface area contributed by atoms with Crippen molar-refractivity contribution in [2.24, 2.45) is 5.92 Å². The second kappa shape index (κ2) is 13.1. The number of rotatable bonds is 10. The van der Waals surface area contributed by atoms with E-state index in [1.807, 2.05) is 30.3 Å². The molecule has 0 bridgehead atoms. The summed E-state index contributed by atoms with van der Waals surface area (Å²) in [4.78, 5) is 25.7. The van der Waals surface area contributed by atoms with Gasteiger partial charge in [-0.25, -0.2) is 18.4 Å². The Morgan fingerprint density at radius 3 is 2.39 bits per heavy atom. The Balaban J connectivity index is 1.17. The van der Waals surface area contributed by atoms with Crippen LogP contribution in [-0.4, -0.2) is 69.0 Å². The van der Waals surface area contributed by atoms with E-state index in [1.165, 1.54) is 28.5 Å². The number of sulfonamides is 1. The number of pyridine rings is 1. The molecular weight excluding hydrogens is 599 g/mol. The number of nitrogens with zero attached hydrogens (tertiary/aromatic N) is 4. The second-order valence-electron chi connectivity index (χ2n) is 11.3. The summed E-state index contributed by atoms with van der Waals surface area (Å²) in [6, 6.07) is 18.2. The maximum Gasteiger partial charge on any atom is 0.243 e. The van der Waals surface area contributed by atoms with E-state index < -0.39 is 15.9 Å². The third-order valence-electron chi connectivity index (χ3n) is 8.61. The monoisotopic (exact) mass is 635 g/mol. The lowest BCUT2D eigenvalue weighted by Crippen LogP contribution is -2.48. The zero-order valence-corrected chi connectivity index (χ0v) is 26.6. The van der Waals surface area contributed by atoms with Crippen LogP contribution in [0.15, 0.2) is 65.6 Å². The molecule has 1 amide bonds. The van der Waals surface area contributed by atoms with E-state index in [-0.39, 0.29) is 10.8 Å². The molecule has 1 saturated heterocycles. The molecule has 10 nitrogen and oxygen atoms in total. The Kier molecular flexibility index (Phi) is 9.01. The molecule has 4 aromatic rings. The first-order chi connectivity index (χ1) is 21.4. The summed E-state index contributed by atoms with van der Waals surface area (Å²) in [6.07, 6.45) is 5.25. The molecule has 0 radical (unpaired) electrons. The molecule has 1 N–H and O–H groups in total. The van der Waals surface area contributed by atoms with Crippen molar-refractivity contribution < 1.29 is 22.7 Å². The normalized spacial score (nSPS) is 17.1. The number of anilines is 2. The SMILES string of the molecule is COc1ccc2nc(NC(=O)C(CC3CCCC3)c3ccc(S(=O)(=O)N4CCN(c5ccccc5OC)CC4)cc3)sc2n1. The van der Waals surface area contributed by atoms with Gasteiger partial charge in [0.15, 0.2) is 5.13 Å². The fourth-order valence-corrected chi connectivity index (χ4v) is 8.47. The standard InChI is InChI=1S/C32H37N5O5S2/c1-41-28-10-6-5-9-27(28)36-17-19-37(20-18-36)44(39,40)24-13-11-23(12-14-24)25(21-22-7-3-4-8-22)30(38)35-32-33-26-15-16-29(42-2)34-31(26)43-32/h5-6,9-16,22,25H,3-4,7-8,17-21H2,1-2H3,(H,33,35,38). The molecule has 44 heavy (non-hydrogen) atoms. The number of ether oxygens (including phenoxy) is 2. The number of carbonyl (C=O) groups excluding carboxylic acids is 1. The van der Waals surface area contributed by atoms with E-state index in [0.29, 0.717) is 59.9 Å². The summed E-state index contributed by atoms with van der Waals surface area (Å²) in [5, 5.41) is 3.49. The number of fused-ring (bicyclic) bond motifs is 1. The molecule has 1 atom stereocenters. The number of benzene rings is 2. The van der Waals surface area contributed by atoms with Gasteiger partial charge in [0.05, 0.1) is 30.7 Å². The van der Waals surface area contributed by atoms with Crippen LogP contribution in [-0.2, 0) is 14.8 Å². The van der Waals surface area contributed by atoms with Crippen molar-refractivity contribution in [3.63, 3.8) is 0 Å². The maximum absolute atomic E-state index is 13.7. The Labute approximate surface area is 262 Å². The molecule has 12 heteroatoms. The van der Waals surface area contributed by atoms with Crippen molar-refractivity contribution in [1.29, 1.82) is 0 Å². The van der Waals surface area contributed by atoms with Crippen molar-refractivity contribution in [3.05, 3.63) is 66.2 Å². The van der Waals surface area contributed by atoms with Crippen LogP contribution in [0.4, 0.5) is 10.8 Å². The number of carbonyl (C=O) groups is 1. The van der Waals surface area contributed by atoms with Gasteiger partial charge in [0.25, 0.3) is 0 Å². The largest absolute Gasteiger partial charge is 0.495 e. The van der Waals surface area contributed by atoms with Gasteiger partial charge in [-0.2, -0.15) is 4.31 Å². The van der Waals surface area contributed by atoms with Gasteiger partial charge in [0.1, 0.15) is 16.1 Å². The van der Waals surface area contributed by atoms with E-state index >= 15 is 0 Å². The molecule has 1 aliphatic heterocycles. The minimum atomic E-state index is -3.69. The molecule has 2 aromatic heterocycles. The van der Waals surface area contributed by atoms with Gasteiger partial charge in [0.2, 0.25) is 21.8 Å². The maximum atomic E-state index is 13.7. The number of thiazole rings is 1. The van der Waals surface area contributed by atoms with E-state index in [2.05, 4.69) is 20.2 Å². The highest BCUT2D eigenvalue weighted by Crippen LogP contribution is 2.36. The third kappa shape index (κ3) is 6.38. The molecule has 232 valence electrons. The van der Waals surface area contributed by atoms with E-state index in [9.17, 15) is 13.2 Å². The van der Waals surface area contributed by atoms with Crippen LogP contribution in [0.5, 0.6) is 11.6 Å². The Morgan fingerprint density at radius 1 is 0.955 bits per heavy atom. The summed E-state index contributed by atoms with van der Waals surface area (Å²) in [6.45, 7) is 1.88. The number of para-hydroxylation sites is 2. The average molecular weight is 636 g/mol. The topological polar surface area (TPSA) is 114 Å². The lowest BCUT2D eigenvalue weighted by atomic mass is 9.87. The lowest BCUT2D eigenvalue weighted by molar-refractivity contribution is -0.118. The zero-order valence-electron chi connectivity index (χ0n) is 24.9. The first-order valence-electron chi connectivity index (χ1n) is 15.0. The first-order valence-corrected chi connectivity index (χ1v) is 17.2. The lowest BCUT2D eigenvalue weighted by Gasteiger charge is -2.36. The van der Waals surface area contributed by atoms with Gasteiger partial charge < -0.3 is 19.7 Å². The van der Waals surface area contributed by atoms with Crippen LogP contribution in [0, 0.1) is 5.92 Å². The number of piperazine rings is 1. The van der Waals surface area contributed by atoms with Crippen molar-refractivity contribution >= 4 is 48.4 Å². The molecule has 1 unspecified atom stereocenters. The number of amides is 1. The molecule has 1 aliphatic carbocycles. The van der Waals surface area contributed by atoms with Crippen molar-refractivity contribution in [1.82, 2.24) is 14.3 Å². The molecule has 1 saturated carbocycles. The van der Waals surface area contributed by atoms with Gasteiger partial charge in [0, 0.05) is 32.2 Å². The van der Waals surface area contributed by atoms with Crippen molar-refractivity contribution in [2.45, 2.75) is 42.9 Å². The summed E-state index contributed by atoms with van der Waals surface area (Å²) in [5.41, 5.74) is 2.46.